The monoisotopic (exact) mass is 547 g/mol. The number of nitrogens with two attached hydrogens (primary N) is 1. The van der Waals surface area contributed by atoms with E-state index in [0.717, 1.165) is 51.9 Å². The van der Waals surface area contributed by atoms with E-state index >= 15 is 0 Å². The van der Waals surface area contributed by atoms with E-state index in [1.807, 2.05) is 13.8 Å². The maximum absolute atomic E-state index is 12.1. The Morgan fingerprint density at radius 2 is 1.74 bits per heavy atom. The Hall–Kier alpha value is -0.690. The molecule has 6 nitrogen and oxygen atoms in total. The second kappa shape index (κ2) is 13.5. The molecule has 0 aromatic rings. The van der Waals surface area contributed by atoms with Gasteiger partial charge in [0.15, 0.2) is 0 Å². The fourth-order valence-corrected chi connectivity index (χ4v) is 9.93. The fourth-order valence-electron chi connectivity index (χ4n) is 9.93. The summed E-state index contributed by atoms with van der Waals surface area (Å²) < 4.78 is 5.37. The van der Waals surface area contributed by atoms with Gasteiger partial charge in [-0.1, -0.05) is 13.8 Å². The van der Waals surface area contributed by atoms with Crippen LogP contribution in [-0.2, 0) is 9.53 Å². The van der Waals surface area contributed by atoms with Crippen LogP contribution in [0.25, 0.3) is 0 Å². The van der Waals surface area contributed by atoms with E-state index in [0.29, 0.717) is 52.9 Å². The second-order valence-electron chi connectivity index (χ2n) is 14.8. The summed E-state index contributed by atoms with van der Waals surface area (Å²) in [6.07, 6.45) is 14.6. The van der Waals surface area contributed by atoms with Crippen molar-refractivity contribution in [3.8, 4) is 0 Å². The van der Waals surface area contributed by atoms with Crippen LogP contribution < -0.4 is 11.1 Å². The third kappa shape index (κ3) is 7.04. The van der Waals surface area contributed by atoms with Crippen molar-refractivity contribution in [3.05, 3.63) is 0 Å². The van der Waals surface area contributed by atoms with E-state index in [4.69, 9.17) is 10.5 Å². The van der Waals surface area contributed by atoms with Gasteiger partial charge in [-0.3, -0.25) is 4.79 Å². The SMILES string of the molecule is CC(C)OC(=O)CCC[C@H]1CCC2C3C(CC[C@@]21C)[C@@]1(C)CC[C@H](NCCCN(C)CCCN)CC1C[C@@H]3O. The van der Waals surface area contributed by atoms with Crippen LogP contribution in [0.3, 0.4) is 0 Å². The van der Waals surface area contributed by atoms with Crippen molar-refractivity contribution >= 4 is 5.97 Å². The molecule has 0 aliphatic heterocycles. The number of carbonyl (C=O) groups is 1. The predicted molar refractivity (Wildman–Crippen MR) is 159 cm³/mol. The Bertz CT molecular complexity index is 792. The number of fused-ring (bicyclic) bond motifs is 5. The summed E-state index contributed by atoms with van der Waals surface area (Å²) in [5.41, 5.74) is 6.35. The van der Waals surface area contributed by atoms with Gasteiger partial charge < -0.3 is 25.8 Å². The maximum atomic E-state index is 12.1. The number of rotatable bonds is 13. The van der Waals surface area contributed by atoms with Gasteiger partial charge in [-0.15, -0.1) is 0 Å². The Balaban J connectivity index is 1.29. The zero-order valence-electron chi connectivity index (χ0n) is 25.9. The van der Waals surface area contributed by atoms with Crippen molar-refractivity contribution in [3.63, 3.8) is 0 Å². The molecule has 0 bridgehead atoms. The van der Waals surface area contributed by atoms with Gasteiger partial charge in [0.25, 0.3) is 0 Å². The zero-order chi connectivity index (χ0) is 28.2. The highest BCUT2D eigenvalue weighted by Gasteiger charge is 2.62. The number of nitrogens with one attached hydrogen (secondary N) is 1. The maximum Gasteiger partial charge on any atom is 0.306 e. The average Bonchev–Trinajstić information content (AvgIpc) is 3.21. The third-order valence-corrected chi connectivity index (χ3v) is 12.1. The molecule has 4 aliphatic rings. The highest BCUT2D eigenvalue weighted by molar-refractivity contribution is 5.69. The van der Waals surface area contributed by atoms with Crippen LogP contribution in [0.4, 0.5) is 0 Å². The van der Waals surface area contributed by atoms with Gasteiger partial charge in [0.05, 0.1) is 12.2 Å². The van der Waals surface area contributed by atoms with Crippen molar-refractivity contribution in [2.45, 2.75) is 129 Å². The van der Waals surface area contributed by atoms with Gasteiger partial charge in [-0.05, 0) is 165 Å². The summed E-state index contributed by atoms with van der Waals surface area (Å²) in [4.78, 5) is 14.5. The summed E-state index contributed by atoms with van der Waals surface area (Å²) in [7, 11) is 2.20. The molecule has 0 saturated heterocycles. The summed E-state index contributed by atoms with van der Waals surface area (Å²) in [6.45, 7) is 13.1. The minimum absolute atomic E-state index is 0.0245. The van der Waals surface area contributed by atoms with Crippen LogP contribution >= 0.6 is 0 Å². The van der Waals surface area contributed by atoms with Crippen LogP contribution in [0.5, 0.6) is 0 Å². The number of nitrogens with zero attached hydrogens (tertiary/aromatic N) is 1. The third-order valence-electron chi connectivity index (χ3n) is 12.1. The van der Waals surface area contributed by atoms with Gasteiger partial charge in [-0.25, -0.2) is 0 Å². The van der Waals surface area contributed by atoms with E-state index in [1.165, 1.54) is 51.4 Å². The van der Waals surface area contributed by atoms with Crippen LogP contribution in [-0.4, -0.2) is 67.5 Å². The Kier molecular flexibility index (Phi) is 10.8. The van der Waals surface area contributed by atoms with E-state index in [-0.39, 0.29) is 18.2 Å². The second-order valence-corrected chi connectivity index (χ2v) is 14.8. The number of aliphatic hydroxyl groups is 1. The van der Waals surface area contributed by atoms with Gasteiger partial charge in [0.1, 0.15) is 0 Å². The van der Waals surface area contributed by atoms with Crippen molar-refractivity contribution in [1.82, 2.24) is 10.2 Å². The lowest BCUT2D eigenvalue weighted by Crippen LogP contribution is -2.59. The standard InChI is InChI=1S/C33H61N3O3/c1-23(2)39-30(38)10-6-9-24-11-12-27-31-28(14-16-32(24,27)3)33(4)15-13-26(21-25(33)22-29(31)37)35-18-8-20-36(5)19-7-17-34/h23-29,31,35,37H,6-22,34H2,1-5H3/t24-,25?,26-,27?,28?,29-,31?,32+,33-/m0/s1. The molecule has 39 heavy (non-hydrogen) atoms. The summed E-state index contributed by atoms with van der Waals surface area (Å²) in [5.74, 6) is 3.05. The lowest BCUT2D eigenvalue weighted by Gasteiger charge is -2.62. The Morgan fingerprint density at radius 1 is 1.03 bits per heavy atom. The van der Waals surface area contributed by atoms with E-state index in [2.05, 4.69) is 31.1 Å². The van der Waals surface area contributed by atoms with Crippen molar-refractivity contribution < 1.29 is 14.6 Å². The molecule has 4 fully saturated rings. The van der Waals surface area contributed by atoms with Gasteiger partial charge in [0.2, 0.25) is 0 Å². The molecule has 4 unspecified atom stereocenters. The number of aliphatic hydroxyl groups excluding tert-OH is 1. The normalized spacial score (nSPS) is 39.9. The largest absolute Gasteiger partial charge is 0.463 e. The van der Waals surface area contributed by atoms with E-state index < -0.39 is 0 Å². The predicted octanol–water partition coefficient (Wildman–Crippen LogP) is 5.37. The quantitative estimate of drug-likeness (QED) is 0.212. The van der Waals surface area contributed by atoms with Crippen LogP contribution in [0.1, 0.15) is 111 Å². The first-order chi connectivity index (χ1) is 18.6. The van der Waals surface area contributed by atoms with Gasteiger partial charge in [-0.2, -0.15) is 0 Å². The average molecular weight is 548 g/mol. The molecule has 9 atom stereocenters. The highest BCUT2D eigenvalue weighted by Crippen LogP contribution is 2.67. The Labute approximate surface area is 239 Å². The highest BCUT2D eigenvalue weighted by atomic mass is 16.5. The first-order valence-electron chi connectivity index (χ1n) is 16.6. The summed E-state index contributed by atoms with van der Waals surface area (Å²) >= 11 is 0. The number of esters is 1. The zero-order valence-corrected chi connectivity index (χ0v) is 25.9. The van der Waals surface area contributed by atoms with Crippen LogP contribution in [0, 0.1) is 40.4 Å². The molecule has 0 aromatic carbocycles. The lowest BCUT2D eigenvalue weighted by atomic mass is 9.44. The molecule has 226 valence electrons. The molecule has 0 amide bonds. The number of hydrogen-bond donors (Lipinski definition) is 3. The first kappa shape index (κ1) is 31.3. The number of hydrogen-bond acceptors (Lipinski definition) is 6. The first-order valence-corrected chi connectivity index (χ1v) is 16.6. The molecule has 4 N–H and O–H groups in total. The van der Waals surface area contributed by atoms with Gasteiger partial charge in [0, 0.05) is 12.5 Å². The van der Waals surface area contributed by atoms with Gasteiger partial charge >= 0.3 is 5.97 Å². The molecule has 4 rings (SSSR count). The van der Waals surface area contributed by atoms with Crippen molar-refractivity contribution in [1.29, 1.82) is 0 Å². The van der Waals surface area contributed by atoms with E-state index in [1.54, 1.807) is 0 Å². The molecule has 0 radical (unpaired) electrons. The lowest BCUT2D eigenvalue weighted by molar-refractivity contribution is -0.165. The fraction of sp³-hybridized carbons (Fsp3) is 0.970. The number of ether oxygens (including phenoxy) is 1. The molecular formula is C33H61N3O3. The molecule has 0 spiro atoms. The Morgan fingerprint density at radius 3 is 2.49 bits per heavy atom. The van der Waals surface area contributed by atoms with Crippen molar-refractivity contribution in [2.24, 2.45) is 46.2 Å². The summed E-state index contributed by atoms with van der Waals surface area (Å²) in [5, 5.41) is 15.6. The molecular weight excluding hydrogens is 486 g/mol. The molecule has 0 aromatic heterocycles. The van der Waals surface area contributed by atoms with Crippen molar-refractivity contribution in [2.75, 3.05) is 33.2 Å². The molecule has 6 heteroatoms. The topological polar surface area (TPSA) is 87.8 Å². The molecule has 4 saturated carbocycles. The van der Waals surface area contributed by atoms with Crippen LogP contribution in [0.15, 0.2) is 0 Å². The molecule has 0 heterocycles. The van der Waals surface area contributed by atoms with E-state index in [9.17, 15) is 9.90 Å². The minimum Gasteiger partial charge on any atom is -0.463 e. The van der Waals surface area contributed by atoms with Crippen LogP contribution in [0.2, 0.25) is 0 Å². The molecule has 4 aliphatic carbocycles. The summed E-state index contributed by atoms with van der Waals surface area (Å²) in [6, 6.07) is 0.605. The smallest absolute Gasteiger partial charge is 0.306 e. The number of carbonyl (C=O) groups excluding carboxylic acids is 1. The minimum atomic E-state index is -0.146.